The third kappa shape index (κ3) is 6.03. The standard InChI is InChI=1S/C25H23FN2O6S/c26-20-9-11-21(12-10-20)27-35(31,32)22-8-4-7-19(17-22)25(30)34-23(18-5-2-1-3-6-18)24(29)28-13-15-33-16-14-28/h1-12,17,23,27H,13-16H2/t23-/m1/s1. The van der Waals surface area contributed by atoms with Crippen molar-refractivity contribution >= 4 is 27.6 Å². The van der Waals surface area contributed by atoms with Gasteiger partial charge < -0.3 is 14.4 Å². The number of halogens is 1. The molecule has 0 bridgehead atoms. The van der Waals surface area contributed by atoms with E-state index in [1.165, 1.54) is 30.3 Å². The summed E-state index contributed by atoms with van der Waals surface area (Å²) in [5.41, 5.74) is 0.626. The number of hydrogen-bond donors (Lipinski definition) is 1. The first-order valence-electron chi connectivity index (χ1n) is 10.8. The molecule has 8 nitrogen and oxygen atoms in total. The molecule has 1 heterocycles. The van der Waals surface area contributed by atoms with Gasteiger partial charge in [0.1, 0.15) is 5.82 Å². The van der Waals surface area contributed by atoms with E-state index >= 15 is 0 Å². The number of amides is 1. The Hall–Kier alpha value is -3.76. The fraction of sp³-hybridized carbons (Fsp3) is 0.200. The predicted octanol–water partition coefficient (Wildman–Crippen LogP) is 3.38. The van der Waals surface area contributed by atoms with Gasteiger partial charge in [0.25, 0.3) is 15.9 Å². The quantitative estimate of drug-likeness (QED) is 0.501. The molecule has 0 saturated carbocycles. The van der Waals surface area contributed by atoms with Crippen LogP contribution >= 0.6 is 0 Å². The predicted molar refractivity (Wildman–Crippen MR) is 126 cm³/mol. The molecule has 1 fully saturated rings. The van der Waals surface area contributed by atoms with Crippen LogP contribution in [0.5, 0.6) is 0 Å². The van der Waals surface area contributed by atoms with E-state index in [1.807, 2.05) is 0 Å². The van der Waals surface area contributed by atoms with Gasteiger partial charge in [0, 0.05) is 24.3 Å². The number of benzene rings is 3. The number of esters is 1. The van der Waals surface area contributed by atoms with Crippen molar-refractivity contribution in [3.8, 4) is 0 Å². The number of hydrogen-bond acceptors (Lipinski definition) is 6. The zero-order valence-electron chi connectivity index (χ0n) is 18.6. The first kappa shape index (κ1) is 24.4. The fourth-order valence-electron chi connectivity index (χ4n) is 3.54. The summed E-state index contributed by atoms with van der Waals surface area (Å²) in [6, 6.07) is 18.7. The van der Waals surface area contributed by atoms with Gasteiger partial charge in [-0.05, 0) is 42.5 Å². The van der Waals surface area contributed by atoms with Crippen molar-refractivity contribution in [2.24, 2.45) is 0 Å². The van der Waals surface area contributed by atoms with Gasteiger partial charge >= 0.3 is 5.97 Å². The molecule has 1 N–H and O–H groups in total. The van der Waals surface area contributed by atoms with Crippen molar-refractivity contribution in [2.75, 3.05) is 31.0 Å². The fourth-order valence-corrected chi connectivity index (χ4v) is 4.64. The molecule has 1 aliphatic heterocycles. The molecule has 0 aromatic heterocycles. The molecule has 182 valence electrons. The Labute approximate surface area is 202 Å². The van der Waals surface area contributed by atoms with E-state index in [4.69, 9.17) is 9.47 Å². The van der Waals surface area contributed by atoms with E-state index in [2.05, 4.69) is 4.72 Å². The highest BCUT2D eigenvalue weighted by Gasteiger charge is 2.31. The molecule has 3 aromatic rings. The third-order valence-corrected chi connectivity index (χ3v) is 6.73. The van der Waals surface area contributed by atoms with Crippen LogP contribution < -0.4 is 4.72 Å². The molecule has 1 amide bonds. The molecule has 1 atom stereocenters. The molecule has 0 aliphatic carbocycles. The summed E-state index contributed by atoms with van der Waals surface area (Å²) >= 11 is 0. The molecule has 3 aromatic carbocycles. The minimum Gasteiger partial charge on any atom is -0.444 e. The second-order valence-electron chi connectivity index (χ2n) is 7.77. The minimum atomic E-state index is -4.07. The van der Waals surface area contributed by atoms with E-state index in [1.54, 1.807) is 35.2 Å². The number of morpholine rings is 1. The number of ether oxygens (including phenoxy) is 2. The monoisotopic (exact) mass is 498 g/mol. The molecule has 0 spiro atoms. The lowest BCUT2D eigenvalue weighted by atomic mass is 10.1. The number of nitrogens with zero attached hydrogens (tertiary/aromatic N) is 1. The molecule has 35 heavy (non-hydrogen) atoms. The number of nitrogens with one attached hydrogen (secondary N) is 1. The van der Waals surface area contributed by atoms with Crippen LogP contribution in [-0.2, 0) is 24.3 Å². The maximum absolute atomic E-state index is 13.2. The lowest BCUT2D eigenvalue weighted by Gasteiger charge is -2.30. The Balaban J connectivity index is 1.56. The highest BCUT2D eigenvalue weighted by molar-refractivity contribution is 7.92. The van der Waals surface area contributed by atoms with Crippen LogP contribution in [0, 0.1) is 5.82 Å². The molecular formula is C25H23FN2O6S. The van der Waals surface area contributed by atoms with Gasteiger partial charge in [0.15, 0.2) is 0 Å². The maximum Gasteiger partial charge on any atom is 0.339 e. The Bertz CT molecular complexity index is 1290. The van der Waals surface area contributed by atoms with Crippen molar-refractivity contribution in [2.45, 2.75) is 11.0 Å². The third-order valence-electron chi connectivity index (χ3n) is 5.35. The van der Waals surface area contributed by atoms with E-state index in [9.17, 15) is 22.4 Å². The van der Waals surface area contributed by atoms with Crippen molar-refractivity contribution in [3.05, 3.63) is 95.8 Å². The van der Waals surface area contributed by atoms with Crippen LogP contribution in [0.1, 0.15) is 22.0 Å². The second kappa shape index (κ2) is 10.7. The molecule has 0 unspecified atom stereocenters. The number of anilines is 1. The first-order chi connectivity index (χ1) is 16.8. The number of rotatable bonds is 7. The summed E-state index contributed by atoms with van der Waals surface area (Å²) in [7, 11) is -4.07. The maximum atomic E-state index is 13.2. The zero-order chi connectivity index (χ0) is 24.8. The van der Waals surface area contributed by atoms with Crippen molar-refractivity contribution < 1.29 is 31.9 Å². The van der Waals surface area contributed by atoms with Crippen LogP contribution in [0.15, 0.2) is 83.8 Å². The number of carbonyl (C=O) groups excluding carboxylic acids is 2. The molecule has 10 heteroatoms. The number of sulfonamides is 1. The van der Waals surface area contributed by atoms with E-state index in [0.717, 1.165) is 18.2 Å². The molecule has 0 radical (unpaired) electrons. The van der Waals surface area contributed by atoms with Crippen LogP contribution in [0.4, 0.5) is 10.1 Å². The summed E-state index contributed by atoms with van der Waals surface area (Å²) in [5, 5.41) is 0. The summed E-state index contributed by atoms with van der Waals surface area (Å²) in [6.07, 6.45) is -1.19. The molecule has 1 aliphatic rings. The van der Waals surface area contributed by atoms with Crippen LogP contribution in [0.25, 0.3) is 0 Å². The van der Waals surface area contributed by atoms with E-state index in [-0.39, 0.29) is 22.1 Å². The topological polar surface area (TPSA) is 102 Å². The summed E-state index contributed by atoms with van der Waals surface area (Å²) < 4.78 is 51.9. The van der Waals surface area contributed by atoms with Gasteiger partial charge in [-0.25, -0.2) is 17.6 Å². The van der Waals surface area contributed by atoms with Crippen LogP contribution in [0.2, 0.25) is 0 Å². The van der Waals surface area contributed by atoms with Gasteiger partial charge in [-0.1, -0.05) is 36.4 Å². The van der Waals surface area contributed by atoms with E-state index in [0.29, 0.717) is 31.9 Å². The van der Waals surface area contributed by atoms with Crippen molar-refractivity contribution in [1.82, 2.24) is 4.90 Å². The zero-order valence-corrected chi connectivity index (χ0v) is 19.4. The van der Waals surface area contributed by atoms with Gasteiger partial charge in [0.2, 0.25) is 6.10 Å². The lowest BCUT2D eigenvalue weighted by molar-refractivity contribution is -0.145. The average Bonchev–Trinajstić information content (AvgIpc) is 2.89. The average molecular weight is 499 g/mol. The molecule has 4 rings (SSSR count). The Morgan fingerprint density at radius 1 is 0.943 bits per heavy atom. The minimum absolute atomic E-state index is 0.0392. The highest BCUT2D eigenvalue weighted by atomic mass is 32.2. The van der Waals surface area contributed by atoms with Gasteiger partial charge in [0.05, 0.1) is 23.7 Å². The smallest absolute Gasteiger partial charge is 0.339 e. The lowest BCUT2D eigenvalue weighted by Crippen LogP contribution is -2.44. The Kier molecular flexibility index (Phi) is 7.42. The van der Waals surface area contributed by atoms with Gasteiger partial charge in [-0.3, -0.25) is 9.52 Å². The molecular weight excluding hydrogens is 475 g/mol. The van der Waals surface area contributed by atoms with Crippen LogP contribution in [0.3, 0.4) is 0 Å². The number of carbonyl (C=O) groups is 2. The normalized spacial score (nSPS) is 14.7. The Morgan fingerprint density at radius 2 is 1.63 bits per heavy atom. The summed E-state index contributed by atoms with van der Waals surface area (Å²) in [5.74, 6) is -1.73. The molecule has 1 saturated heterocycles. The van der Waals surface area contributed by atoms with E-state index < -0.39 is 27.9 Å². The largest absolute Gasteiger partial charge is 0.444 e. The Morgan fingerprint density at radius 3 is 2.31 bits per heavy atom. The summed E-state index contributed by atoms with van der Waals surface area (Å²) in [6.45, 7) is 1.54. The van der Waals surface area contributed by atoms with Crippen molar-refractivity contribution in [3.63, 3.8) is 0 Å². The van der Waals surface area contributed by atoms with Gasteiger partial charge in [-0.15, -0.1) is 0 Å². The van der Waals surface area contributed by atoms with Gasteiger partial charge in [-0.2, -0.15) is 0 Å². The highest BCUT2D eigenvalue weighted by Crippen LogP contribution is 2.24. The summed E-state index contributed by atoms with van der Waals surface area (Å²) in [4.78, 5) is 27.6. The second-order valence-corrected chi connectivity index (χ2v) is 9.46. The van der Waals surface area contributed by atoms with Crippen molar-refractivity contribution in [1.29, 1.82) is 0 Å². The first-order valence-corrected chi connectivity index (χ1v) is 12.3. The SMILES string of the molecule is O=C(O[C@@H](C(=O)N1CCOCC1)c1ccccc1)c1cccc(S(=O)(=O)Nc2ccc(F)cc2)c1. The van der Waals surface area contributed by atoms with Crippen LogP contribution in [-0.4, -0.2) is 51.5 Å².